The molecule has 154 valence electrons. The van der Waals surface area contributed by atoms with Crippen molar-refractivity contribution in [3.63, 3.8) is 0 Å². The van der Waals surface area contributed by atoms with Crippen molar-refractivity contribution in [2.45, 2.75) is 44.9 Å². The van der Waals surface area contributed by atoms with Gasteiger partial charge >= 0.3 is 5.97 Å². The van der Waals surface area contributed by atoms with E-state index in [1.165, 1.54) is 0 Å². The van der Waals surface area contributed by atoms with Crippen molar-refractivity contribution in [1.82, 2.24) is 5.32 Å². The minimum atomic E-state index is -1.07. The zero-order valence-corrected chi connectivity index (χ0v) is 16.0. The predicted molar refractivity (Wildman–Crippen MR) is 104 cm³/mol. The molecule has 0 radical (unpaired) electrons. The SMILES string of the molecule is O=C(O)CCCCCCNc1cccc2c1C(=O)C(C1CCC(=O)NC1=O)C2=O. The fourth-order valence-electron chi connectivity index (χ4n) is 3.98. The lowest BCUT2D eigenvalue weighted by molar-refractivity contribution is -0.138. The Morgan fingerprint density at radius 3 is 2.55 bits per heavy atom. The number of fused-ring (bicyclic) bond motifs is 1. The van der Waals surface area contributed by atoms with Crippen molar-refractivity contribution in [2.75, 3.05) is 11.9 Å². The Bertz CT molecular complexity index is 863. The number of hydrogen-bond acceptors (Lipinski definition) is 6. The first kappa shape index (κ1) is 20.7. The molecule has 8 nitrogen and oxygen atoms in total. The lowest BCUT2D eigenvalue weighted by Crippen LogP contribution is -2.46. The monoisotopic (exact) mass is 400 g/mol. The van der Waals surface area contributed by atoms with Crippen molar-refractivity contribution in [1.29, 1.82) is 0 Å². The van der Waals surface area contributed by atoms with Gasteiger partial charge in [0.1, 0.15) is 0 Å². The van der Waals surface area contributed by atoms with Gasteiger partial charge < -0.3 is 10.4 Å². The molecule has 0 spiro atoms. The number of anilines is 1. The maximum absolute atomic E-state index is 13.0. The number of amides is 2. The van der Waals surface area contributed by atoms with E-state index in [9.17, 15) is 24.0 Å². The van der Waals surface area contributed by atoms with Crippen LogP contribution in [0.1, 0.15) is 65.7 Å². The van der Waals surface area contributed by atoms with Crippen molar-refractivity contribution in [3.8, 4) is 0 Å². The van der Waals surface area contributed by atoms with Gasteiger partial charge in [-0.25, -0.2) is 0 Å². The lowest BCUT2D eigenvalue weighted by atomic mass is 9.82. The van der Waals surface area contributed by atoms with E-state index in [4.69, 9.17) is 5.11 Å². The number of imide groups is 1. The predicted octanol–water partition coefficient (Wildman–Crippen LogP) is 2.18. The minimum absolute atomic E-state index is 0.122. The average Bonchev–Trinajstić information content (AvgIpc) is 2.92. The third-order valence-corrected chi connectivity index (χ3v) is 5.46. The number of piperidine rings is 1. The second-order valence-electron chi connectivity index (χ2n) is 7.48. The zero-order chi connectivity index (χ0) is 21.0. The highest BCUT2D eigenvalue weighted by Gasteiger charge is 2.48. The smallest absolute Gasteiger partial charge is 0.303 e. The molecule has 1 aliphatic carbocycles. The number of carbonyl (C=O) groups is 5. The summed E-state index contributed by atoms with van der Waals surface area (Å²) in [6.07, 6.45) is 3.60. The summed E-state index contributed by atoms with van der Waals surface area (Å²) >= 11 is 0. The van der Waals surface area contributed by atoms with E-state index in [0.29, 0.717) is 29.8 Å². The molecule has 1 heterocycles. The fraction of sp³-hybridized carbons (Fsp3) is 0.476. The van der Waals surface area contributed by atoms with Crippen LogP contribution in [0.15, 0.2) is 18.2 Å². The van der Waals surface area contributed by atoms with Crippen LogP contribution in [0.4, 0.5) is 5.69 Å². The number of aliphatic carboxylic acids is 1. The van der Waals surface area contributed by atoms with Crippen molar-refractivity contribution in [3.05, 3.63) is 29.3 Å². The molecule has 1 aromatic rings. The number of rotatable bonds is 9. The highest BCUT2D eigenvalue weighted by atomic mass is 16.4. The molecule has 29 heavy (non-hydrogen) atoms. The molecule has 2 unspecified atom stereocenters. The number of hydrogen-bond donors (Lipinski definition) is 3. The summed E-state index contributed by atoms with van der Waals surface area (Å²) in [7, 11) is 0. The molecule has 1 aromatic carbocycles. The van der Waals surface area contributed by atoms with E-state index in [2.05, 4.69) is 10.6 Å². The van der Waals surface area contributed by atoms with Crippen LogP contribution in [0, 0.1) is 11.8 Å². The van der Waals surface area contributed by atoms with E-state index >= 15 is 0 Å². The van der Waals surface area contributed by atoms with Crippen LogP contribution in [0.3, 0.4) is 0 Å². The van der Waals surface area contributed by atoms with Gasteiger partial charge in [0, 0.05) is 30.6 Å². The standard InChI is InChI=1S/C21H24N2O6/c24-15-10-9-13(21(29)23-15)18-19(27)12-6-5-7-14(17(12)20(18)28)22-11-4-2-1-3-8-16(25)26/h5-7,13,18,22H,1-4,8-11H2,(H,25,26)(H,23,24,29). The van der Waals surface area contributed by atoms with E-state index in [0.717, 1.165) is 19.3 Å². The van der Waals surface area contributed by atoms with Crippen LogP contribution in [0.2, 0.25) is 0 Å². The maximum Gasteiger partial charge on any atom is 0.303 e. The summed E-state index contributed by atoms with van der Waals surface area (Å²) < 4.78 is 0. The highest BCUT2D eigenvalue weighted by molar-refractivity contribution is 6.30. The van der Waals surface area contributed by atoms with Gasteiger partial charge in [0.25, 0.3) is 0 Å². The quantitative estimate of drug-likeness (QED) is 0.329. The molecular formula is C21H24N2O6. The molecule has 0 bridgehead atoms. The lowest BCUT2D eigenvalue weighted by Gasteiger charge is -2.24. The first-order valence-corrected chi connectivity index (χ1v) is 9.91. The number of carboxylic acids is 1. The molecule has 2 atom stereocenters. The fourth-order valence-corrected chi connectivity index (χ4v) is 3.98. The van der Waals surface area contributed by atoms with Crippen molar-refractivity contribution < 1.29 is 29.1 Å². The van der Waals surface area contributed by atoms with E-state index in [1.54, 1.807) is 18.2 Å². The highest BCUT2D eigenvalue weighted by Crippen LogP contribution is 2.38. The second kappa shape index (κ2) is 8.98. The molecule has 1 aliphatic heterocycles. The number of Topliss-reactive ketones (excluding diaryl/α,β-unsaturated/α-hetero) is 2. The van der Waals surface area contributed by atoms with Gasteiger partial charge in [-0.05, 0) is 25.3 Å². The summed E-state index contributed by atoms with van der Waals surface area (Å²) in [5.41, 5.74) is 1.20. The first-order valence-electron chi connectivity index (χ1n) is 9.91. The molecule has 2 amide bonds. The van der Waals surface area contributed by atoms with Crippen LogP contribution >= 0.6 is 0 Å². The van der Waals surface area contributed by atoms with Gasteiger partial charge in [0.2, 0.25) is 11.8 Å². The summed E-state index contributed by atoms with van der Waals surface area (Å²) in [4.78, 5) is 59.9. The molecular weight excluding hydrogens is 376 g/mol. The Hall–Kier alpha value is -3.03. The number of benzene rings is 1. The van der Waals surface area contributed by atoms with Crippen LogP contribution < -0.4 is 10.6 Å². The molecule has 0 saturated carbocycles. The first-order chi connectivity index (χ1) is 13.9. The Labute approximate surface area is 168 Å². The third-order valence-electron chi connectivity index (χ3n) is 5.46. The van der Waals surface area contributed by atoms with Crippen molar-refractivity contribution >= 4 is 35.0 Å². The van der Waals surface area contributed by atoms with E-state index in [1.807, 2.05) is 0 Å². The average molecular weight is 400 g/mol. The van der Waals surface area contributed by atoms with Crippen LogP contribution in [-0.2, 0) is 14.4 Å². The summed E-state index contributed by atoms with van der Waals surface area (Å²) in [5, 5.41) is 14.0. The Morgan fingerprint density at radius 1 is 1.07 bits per heavy atom. The van der Waals surface area contributed by atoms with Gasteiger partial charge in [-0.1, -0.05) is 25.0 Å². The molecule has 1 saturated heterocycles. The number of unbranched alkanes of at least 4 members (excludes halogenated alkanes) is 3. The van der Waals surface area contributed by atoms with Gasteiger partial charge in [0.15, 0.2) is 11.6 Å². The summed E-state index contributed by atoms with van der Waals surface area (Å²) in [6, 6.07) is 5.03. The molecule has 1 fully saturated rings. The Balaban J connectivity index is 1.63. The summed E-state index contributed by atoms with van der Waals surface area (Å²) in [5.74, 6) is -4.36. The molecule has 0 aromatic heterocycles. The van der Waals surface area contributed by atoms with Gasteiger partial charge in [0.05, 0.1) is 17.4 Å². The van der Waals surface area contributed by atoms with Crippen molar-refractivity contribution in [2.24, 2.45) is 11.8 Å². The van der Waals surface area contributed by atoms with Gasteiger partial charge in [-0.2, -0.15) is 0 Å². The number of carbonyl (C=O) groups excluding carboxylic acids is 4. The van der Waals surface area contributed by atoms with Gasteiger partial charge in [-0.3, -0.25) is 29.3 Å². The van der Waals surface area contributed by atoms with Crippen LogP contribution in [-0.4, -0.2) is 41.0 Å². The number of nitrogens with one attached hydrogen (secondary N) is 2. The summed E-state index contributed by atoms with van der Waals surface area (Å²) in [6.45, 7) is 0.591. The number of ketones is 2. The number of carboxylic acid groups (broad SMARTS) is 1. The molecule has 8 heteroatoms. The Morgan fingerprint density at radius 2 is 1.83 bits per heavy atom. The topological polar surface area (TPSA) is 130 Å². The minimum Gasteiger partial charge on any atom is -0.481 e. The largest absolute Gasteiger partial charge is 0.481 e. The van der Waals surface area contributed by atoms with E-state index in [-0.39, 0.29) is 36.7 Å². The molecule has 3 N–H and O–H groups in total. The normalized spacial score (nSPS) is 21.1. The zero-order valence-electron chi connectivity index (χ0n) is 16.0. The molecule has 2 aliphatic rings. The molecule has 3 rings (SSSR count). The Kier molecular flexibility index (Phi) is 6.41. The van der Waals surface area contributed by atoms with Gasteiger partial charge in [-0.15, -0.1) is 0 Å². The maximum atomic E-state index is 13.0. The second-order valence-corrected chi connectivity index (χ2v) is 7.48. The van der Waals surface area contributed by atoms with Crippen LogP contribution in [0.25, 0.3) is 0 Å². The van der Waals surface area contributed by atoms with Crippen LogP contribution in [0.5, 0.6) is 0 Å². The third kappa shape index (κ3) is 4.52. The van der Waals surface area contributed by atoms with E-state index < -0.39 is 23.7 Å².